The Morgan fingerprint density at radius 1 is 1.58 bits per heavy atom. The topological polar surface area (TPSA) is 64.4 Å². The van der Waals surface area contributed by atoms with Gasteiger partial charge in [-0.2, -0.15) is 0 Å². The van der Waals surface area contributed by atoms with Crippen LogP contribution < -0.4 is 11.3 Å². The third kappa shape index (κ3) is 2.19. The Hall–Kier alpha value is -0.610. The van der Waals surface area contributed by atoms with Gasteiger partial charge in [-0.25, -0.2) is 5.84 Å². The molecule has 0 aliphatic carbocycles. The van der Waals surface area contributed by atoms with Crippen molar-refractivity contribution in [2.45, 2.75) is 19.8 Å². The maximum atomic E-state index is 11.1. The van der Waals surface area contributed by atoms with Crippen LogP contribution in [-0.4, -0.2) is 19.1 Å². The van der Waals surface area contributed by atoms with Gasteiger partial charge >= 0.3 is 0 Å². The van der Waals surface area contributed by atoms with E-state index in [1.807, 2.05) is 6.92 Å². The number of nitrogens with two attached hydrogens (primary N) is 1. The second-order valence-corrected chi connectivity index (χ2v) is 3.25. The van der Waals surface area contributed by atoms with E-state index in [9.17, 15) is 4.79 Å². The molecule has 1 rings (SSSR count). The molecule has 1 fully saturated rings. The summed E-state index contributed by atoms with van der Waals surface area (Å²) in [5.74, 6) is 5.43. The summed E-state index contributed by atoms with van der Waals surface area (Å²) in [6.45, 7) is 3.46. The van der Waals surface area contributed by atoms with Crippen LogP contribution >= 0.6 is 0 Å². The Morgan fingerprint density at radius 3 is 2.67 bits per heavy atom. The molecule has 1 unspecified atom stereocenters. The largest absolute Gasteiger partial charge is 0.381 e. The number of ether oxygens (including phenoxy) is 1. The number of rotatable bonds is 2. The molecular weight excluding hydrogens is 156 g/mol. The standard InChI is InChI=1S/C8H16N2O2/c1-6(8(11)10-9)7-2-4-12-5-3-7/h6-7H,2-5,9H2,1H3,(H,10,11). The fraction of sp³-hybridized carbons (Fsp3) is 0.875. The van der Waals surface area contributed by atoms with Gasteiger partial charge in [0.2, 0.25) is 5.91 Å². The van der Waals surface area contributed by atoms with Crippen molar-refractivity contribution in [3.8, 4) is 0 Å². The summed E-state index contributed by atoms with van der Waals surface area (Å²) in [7, 11) is 0. The first-order valence-electron chi connectivity index (χ1n) is 4.34. The van der Waals surface area contributed by atoms with Crippen molar-refractivity contribution in [3.63, 3.8) is 0 Å². The molecular formula is C8H16N2O2. The molecule has 12 heavy (non-hydrogen) atoms. The molecule has 3 N–H and O–H groups in total. The van der Waals surface area contributed by atoms with Gasteiger partial charge in [0.15, 0.2) is 0 Å². The lowest BCUT2D eigenvalue weighted by molar-refractivity contribution is -0.127. The van der Waals surface area contributed by atoms with Crippen molar-refractivity contribution < 1.29 is 9.53 Å². The zero-order chi connectivity index (χ0) is 8.97. The predicted octanol–water partition coefficient (Wildman–Crippen LogP) is 0.0390. The van der Waals surface area contributed by atoms with Crippen LogP contribution in [0.15, 0.2) is 0 Å². The van der Waals surface area contributed by atoms with Crippen molar-refractivity contribution in [1.29, 1.82) is 0 Å². The average molecular weight is 172 g/mol. The predicted molar refractivity (Wildman–Crippen MR) is 45.0 cm³/mol. The molecule has 0 spiro atoms. The minimum absolute atomic E-state index is 0.0129. The molecule has 1 atom stereocenters. The molecule has 4 nitrogen and oxygen atoms in total. The molecule has 1 saturated heterocycles. The van der Waals surface area contributed by atoms with Crippen LogP contribution in [0, 0.1) is 11.8 Å². The fourth-order valence-electron chi connectivity index (χ4n) is 1.56. The Balaban J connectivity index is 2.39. The van der Waals surface area contributed by atoms with E-state index in [1.165, 1.54) is 0 Å². The maximum absolute atomic E-state index is 11.1. The summed E-state index contributed by atoms with van der Waals surface area (Å²) in [5, 5.41) is 0. The summed E-state index contributed by atoms with van der Waals surface area (Å²) in [6, 6.07) is 0. The highest BCUT2D eigenvalue weighted by atomic mass is 16.5. The zero-order valence-electron chi connectivity index (χ0n) is 7.38. The van der Waals surface area contributed by atoms with E-state index in [0.717, 1.165) is 26.1 Å². The van der Waals surface area contributed by atoms with Gasteiger partial charge in [-0.3, -0.25) is 10.2 Å². The Kier molecular flexibility index (Phi) is 3.49. The lowest BCUT2D eigenvalue weighted by Gasteiger charge is -2.26. The van der Waals surface area contributed by atoms with Gasteiger partial charge in [-0.1, -0.05) is 6.92 Å². The molecule has 1 aliphatic heterocycles. The van der Waals surface area contributed by atoms with Crippen LogP contribution in [0.3, 0.4) is 0 Å². The third-order valence-electron chi connectivity index (χ3n) is 2.53. The SMILES string of the molecule is CC(C(=O)NN)C1CCOCC1. The lowest BCUT2D eigenvalue weighted by Crippen LogP contribution is -2.39. The highest BCUT2D eigenvalue weighted by Crippen LogP contribution is 2.23. The van der Waals surface area contributed by atoms with E-state index >= 15 is 0 Å². The van der Waals surface area contributed by atoms with Gasteiger partial charge in [0.25, 0.3) is 0 Å². The molecule has 1 heterocycles. The first-order valence-corrected chi connectivity index (χ1v) is 4.34. The number of nitrogens with one attached hydrogen (secondary N) is 1. The number of hydrogen-bond donors (Lipinski definition) is 2. The quantitative estimate of drug-likeness (QED) is 0.351. The number of hydrazine groups is 1. The first-order chi connectivity index (χ1) is 5.75. The van der Waals surface area contributed by atoms with Crippen LogP contribution in [0.5, 0.6) is 0 Å². The smallest absolute Gasteiger partial charge is 0.236 e. The van der Waals surface area contributed by atoms with Gasteiger partial charge in [-0.05, 0) is 18.8 Å². The molecule has 0 aromatic heterocycles. The third-order valence-corrected chi connectivity index (χ3v) is 2.53. The summed E-state index contributed by atoms with van der Waals surface area (Å²) in [5.41, 5.74) is 2.18. The molecule has 0 saturated carbocycles. The van der Waals surface area contributed by atoms with Gasteiger partial charge in [-0.15, -0.1) is 0 Å². The van der Waals surface area contributed by atoms with Gasteiger partial charge in [0.1, 0.15) is 0 Å². The maximum Gasteiger partial charge on any atom is 0.236 e. The van der Waals surface area contributed by atoms with Crippen LogP contribution in [0.25, 0.3) is 0 Å². The second-order valence-electron chi connectivity index (χ2n) is 3.25. The van der Waals surface area contributed by atoms with Crippen molar-refractivity contribution in [1.82, 2.24) is 5.43 Å². The molecule has 0 aromatic rings. The molecule has 70 valence electrons. The van der Waals surface area contributed by atoms with E-state index in [1.54, 1.807) is 0 Å². The van der Waals surface area contributed by atoms with Gasteiger partial charge < -0.3 is 4.74 Å². The number of carbonyl (C=O) groups is 1. The molecule has 1 amide bonds. The second kappa shape index (κ2) is 4.42. The van der Waals surface area contributed by atoms with Crippen LogP contribution in [0.4, 0.5) is 0 Å². The van der Waals surface area contributed by atoms with Crippen LogP contribution in [0.1, 0.15) is 19.8 Å². The number of hydrogen-bond acceptors (Lipinski definition) is 3. The highest BCUT2D eigenvalue weighted by Gasteiger charge is 2.25. The van der Waals surface area contributed by atoms with E-state index in [4.69, 9.17) is 10.6 Å². The summed E-state index contributed by atoms with van der Waals surface area (Å²) >= 11 is 0. The Morgan fingerprint density at radius 2 is 2.17 bits per heavy atom. The van der Waals surface area contributed by atoms with Crippen LogP contribution in [-0.2, 0) is 9.53 Å². The van der Waals surface area contributed by atoms with Crippen molar-refractivity contribution >= 4 is 5.91 Å². The van der Waals surface area contributed by atoms with Gasteiger partial charge in [0, 0.05) is 19.1 Å². The minimum atomic E-state index is -0.0677. The summed E-state index contributed by atoms with van der Waals surface area (Å²) in [6.07, 6.45) is 1.93. The lowest BCUT2D eigenvalue weighted by atomic mass is 9.87. The van der Waals surface area contributed by atoms with E-state index in [2.05, 4.69) is 5.43 Å². The van der Waals surface area contributed by atoms with E-state index in [-0.39, 0.29) is 11.8 Å². The summed E-state index contributed by atoms with van der Waals surface area (Å²) < 4.78 is 5.20. The monoisotopic (exact) mass is 172 g/mol. The molecule has 4 heteroatoms. The number of carbonyl (C=O) groups excluding carboxylic acids is 1. The molecule has 0 bridgehead atoms. The zero-order valence-corrected chi connectivity index (χ0v) is 7.38. The molecule has 0 radical (unpaired) electrons. The fourth-order valence-corrected chi connectivity index (χ4v) is 1.56. The average Bonchev–Trinajstić information content (AvgIpc) is 2.17. The normalized spacial score (nSPS) is 21.8. The highest BCUT2D eigenvalue weighted by molar-refractivity contribution is 5.77. The van der Waals surface area contributed by atoms with Crippen LogP contribution in [0.2, 0.25) is 0 Å². The minimum Gasteiger partial charge on any atom is -0.381 e. The van der Waals surface area contributed by atoms with Crippen molar-refractivity contribution in [2.24, 2.45) is 17.7 Å². The molecule has 0 aromatic carbocycles. The van der Waals surface area contributed by atoms with E-state index < -0.39 is 0 Å². The van der Waals surface area contributed by atoms with E-state index in [0.29, 0.717) is 5.92 Å². The number of amides is 1. The van der Waals surface area contributed by atoms with Crippen molar-refractivity contribution in [3.05, 3.63) is 0 Å². The first kappa shape index (κ1) is 9.48. The Bertz CT molecular complexity index is 155. The summed E-state index contributed by atoms with van der Waals surface area (Å²) in [4.78, 5) is 11.1. The Labute approximate surface area is 72.4 Å². The van der Waals surface area contributed by atoms with Gasteiger partial charge in [0.05, 0.1) is 0 Å². The van der Waals surface area contributed by atoms with Crippen molar-refractivity contribution in [2.75, 3.05) is 13.2 Å². The molecule has 1 aliphatic rings.